The second kappa shape index (κ2) is 5.04. The number of nitro groups is 1. The van der Waals surface area contributed by atoms with Gasteiger partial charge in [-0.25, -0.2) is 18.5 Å². The first-order valence-electron chi connectivity index (χ1n) is 4.05. The summed E-state index contributed by atoms with van der Waals surface area (Å²) < 4.78 is 61.2. The van der Waals surface area contributed by atoms with Gasteiger partial charge in [0.25, 0.3) is 0 Å². The average molecular weight is 413 g/mol. The van der Waals surface area contributed by atoms with Crippen molar-refractivity contribution in [1.29, 1.82) is 0 Å². The predicted octanol–water partition coefficient (Wildman–Crippen LogP) is 1.14. The topological polar surface area (TPSA) is 125 Å². The van der Waals surface area contributed by atoms with Gasteiger partial charge in [-0.15, -0.1) is 13.2 Å². The molecule has 106 valence electrons. The maximum absolute atomic E-state index is 12.0. The molecule has 0 atom stereocenters. The lowest BCUT2D eigenvalue weighted by Crippen LogP contribution is -2.21. The van der Waals surface area contributed by atoms with Crippen LogP contribution in [0.15, 0.2) is 11.1 Å². The van der Waals surface area contributed by atoms with Crippen LogP contribution in [-0.2, 0) is 10.0 Å². The summed E-state index contributed by atoms with van der Waals surface area (Å²) in [4.78, 5) is 11.4. The van der Waals surface area contributed by atoms with E-state index in [-0.39, 0.29) is 0 Å². The van der Waals surface area contributed by atoms with Gasteiger partial charge in [-0.3, -0.25) is 10.1 Å². The van der Waals surface area contributed by atoms with Crippen LogP contribution < -0.4 is 9.88 Å². The fourth-order valence-corrected chi connectivity index (χ4v) is 3.23. The van der Waals surface area contributed by atoms with Crippen molar-refractivity contribution in [2.24, 2.45) is 5.14 Å². The van der Waals surface area contributed by atoms with Crippen LogP contribution in [0.5, 0.6) is 5.88 Å². The van der Waals surface area contributed by atoms with Crippen molar-refractivity contribution in [3.8, 4) is 5.88 Å². The molecular weight excluding hydrogens is 410 g/mol. The Morgan fingerprint density at radius 2 is 2.00 bits per heavy atom. The van der Waals surface area contributed by atoms with E-state index in [9.17, 15) is 31.7 Å². The van der Waals surface area contributed by atoms with Crippen LogP contribution in [0.2, 0.25) is 0 Å². The molecule has 2 N–H and O–H groups in total. The van der Waals surface area contributed by atoms with Gasteiger partial charge in [-0.2, -0.15) is 0 Å². The Kier molecular flexibility index (Phi) is 4.20. The molecule has 13 heteroatoms. The quantitative estimate of drug-likeness (QED) is 0.450. The minimum Gasteiger partial charge on any atom is -0.387 e. The van der Waals surface area contributed by atoms with Gasteiger partial charge < -0.3 is 4.74 Å². The molecule has 0 spiro atoms. The lowest BCUT2D eigenvalue weighted by atomic mass is 10.4. The van der Waals surface area contributed by atoms with Gasteiger partial charge >= 0.3 is 12.0 Å². The number of ether oxygens (including phenoxy) is 1. The monoisotopic (exact) mass is 413 g/mol. The molecule has 0 aliphatic rings. The third-order valence-electron chi connectivity index (χ3n) is 1.62. The van der Waals surface area contributed by atoms with Crippen LogP contribution in [0.4, 0.5) is 18.9 Å². The maximum Gasteiger partial charge on any atom is 0.574 e. The van der Waals surface area contributed by atoms with Crippen LogP contribution >= 0.6 is 22.6 Å². The van der Waals surface area contributed by atoms with Crippen molar-refractivity contribution in [3.05, 3.63) is 19.9 Å². The molecule has 0 saturated carbocycles. The molecule has 1 rings (SSSR count). The molecule has 19 heavy (non-hydrogen) atoms. The van der Waals surface area contributed by atoms with Crippen LogP contribution in [0.25, 0.3) is 0 Å². The van der Waals surface area contributed by atoms with Gasteiger partial charge in [0.15, 0.2) is 4.90 Å². The van der Waals surface area contributed by atoms with E-state index in [2.05, 4.69) is 9.72 Å². The summed E-state index contributed by atoms with van der Waals surface area (Å²) in [6.45, 7) is 0. The second-order valence-corrected chi connectivity index (χ2v) is 5.52. The van der Waals surface area contributed by atoms with E-state index < -0.39 is 41.3 Å². The molecule has 0 aromatic carbocycles. The van der Waals surface area contributed by atoms with Crippen molar-refractivity contribution in [2.75, 3.05) is 0 Å². The van der Waals surface area contributed by atoms with Crippen LogP contribution in [0.3, 0.4) is 0 Å². The molecule has 1 aromatic heterocycles. The van der Waals surface area contributed by atoms with E-state index in [0.29, 0.717) is 6.20 Å². The molecule has 1 aromatic rings. The largest absolute Gasteiger partial charge is 0.574 e. The van der Waals surface area contributed by atoms with Gasteiger partial charge in [0.05, 0.1) is 4.92 Å². The van der Waals surface area contributed by atoms with Crippen LogP contribution in [-0.4, -0.2) is 24.7 Å². The highest BCUT2D eigenvalue weighted by molar-refractivity contribution is 14.1. The molecule has 0 radical (unpaired) electrons. The van der Waals surface area contributed by atoms with E-state index in [1.165, 1.54) is 0 Å². The minimum atomic E-state index is -5.13. The van der Waals surface area contributed by atoms with Gasteiger partial charge in [0, 0.05) is 0 Å². The molecule has 0 amide bonds. The highest BCUT2D eigenvalue weighted by Crippen LogP contribution is 2.34. The number of rotatable bonds is 3. The van der Waals surface area contributed by atoms with Crippen molar-refractivity contribution >= 4 is 38.3 Å². The molecule has 0 saturated heterocycles. The molecule has 1 heterocycles. The van der Waals surface area contributed by atoms with Crippen molar-refractivity contribution < 1.29 is 31.2 Å². The third-order valence-corrected chi connectivity index (χ3v) is 3.97. The Labute approximate surface area is 117 Å². The number of aromatic nitrogens is 1. The Morgan fingerprint density at radius 3 is 2.37 bits per heavy atom. The number of nitrogens with zero attached hydrogens (tertiary/aromatic N) is 2. The molecular formula is C6H3F3IN3O5S. The highest BCUT2D eigenvalue weighted by Gasteiger charge is 2.36. The molecule has 0 aliphatic carbocycles. The van der Waals surface area contributed by atoms with Gasteiger partial charge in [0.2, 0.25) is 15.9 Å². The summed E-state index contributed by atoms with van der Waals surface area (Å²) in [6, 6.07) is 0. The zero-order valence-corrected chi connectivity index (χ0v) is 11.5. The molecule has 0 unspecified atom stereocenters. The summed E-state index contributed by atoms with van der Waals surface area (Å²) in [5.74, 6) is -1.14. The number of sulfonamides is 1. The van der Waals surface area contributed by atoms with Crippen molar-refractivity contribution in [3.63, 3.8) is 0 Å². The summed E-state index contributed by atoms with van der Waals surface area (Å²) in [5, 5.41) is 15.3. The fourth-order valence-electron chi connectivity index (χ4n) is 1.03. The maximum atomic E-state index is 12.0. The number of hydrogen-bond donors (Lipinski definition) is 1. The van der Waals surface area contributed by atoms with E-state index in [0.717, 1.165) is 22.6 Å². The van der Waals surface area contributed by atoms with Gasteiger partial charge in [-0.05, 0) is 22.6 Å². The SMILES string of the molecule is NS(=O)(=O)c1c([N+](=O)[O-])cnc(OC(F)(F)F)c1I. The number of hydrogen-bond acceptors (Lipinski definition) is 6. The number of pyridine rings is 1. The summed E-state index contributed by atoms with van der Waals surface area (Å²) in [6.07, 6.45) is -4.80. The summed E-state index contributed by atoms with van der Waals surface area (Å²) in [5.41, 5.74) is -1.04. The smallest absolute Gasteiger partial charge is 0.387 e. The summed E-state index contributed by atoms with van der Waals surface area (Å²) >= 11 is 1.11. The first kappa shape index (κ1) is 15.8. The zero-order valence-electron chi connectivity index (χ0n) is 8.51. The number of alkyl halides is 3. The number of primary sulfonamides is 1. The average Bonchev–Trinajstić information content (AvgIpc) is 2.16. The second-order valence-electron chi connectivity index (χ2n) is 2.94. The predicted molar refractivity (Wildman–Crippen MR) is 61.7 cm³/mol. The Bertz CT molecular complexity index is 632. The Morgan fingerprint density at radius 1 is 1.47 bits per heavy atom. The molecule has 0 bridgehead atoms. The number of nitrogens with two attached hydrogens (primary N) is 1. The Balaban J connectivity index is 3.56. The summed E-state index contributed by atoms with van der Waals surface area (Å²) in [7, 11) is -4.62. The Hall–Kier alpha value is -1.22. The van der Waals surface area contributed by atoms with E-state index in [4.69, 9.17) is 5.14 Å². The third kappa shape index (κ3) is 3.87. The minimum absolute atomic E-state index is 0.322. The first-order chi connectivity index (χ1) is 8.43. The van der Waals surface area contributed by atoms with E-state index >= 15 is 0 Å². The first-order valence-corrected chi connectivity index (χ1v) is 6.67. The lowest BCUT2D eigenvalue weighted by molar-refractivity contribution is -0.388. The lowest BCUT2D eigenvalue weighted by Gasteiger charge is -2.11. The van der Waals surface area contributed by atoms with Crippen LogP contribution in [0.1, 0.15) is 0 Å². The fraction of sp³-hybridized carbons (Fsp3) is 0.167. The van der Waals surface area contributed by atoms with Gasteiger partial charge in [-0.1, -0.05) is 0 Å². The standard InChI is InChI=1S/C6H3F3IN3O5S/c7-6(8,9)18-5-3(10)4(19(11,16)17)2(1-12-5)13(14)15/h1H,(H2,11,16,17). The van der Waals surface area contributed by atoms with E-state index in [1.807, 2.05) is 0 Å². The molecule has 0 fully saturated rings. The zero-order chi connectivity index (χ0) is 15.0. The number of halogens is 4. The van der Waals surface area contributed by atoms with Crippen molar-refractivity contribution in [1.82, 2.24) is 4.98 Å². The van der Waals surface area contributed by atoms with Gasteiger partial charge in [0.1, 0.15) is 9.77 Å². The highest BCUT2D eigenvalue weighted by atomic mass is 127. The normalized spacial score (nSPS) is 12.3. The van der Waals surface area contributed by atoms with Crippen LogP contribution in [0, 0.1) is 13.7 Å². The molecule has 8 nitrogen and oxygen atoms in total. The molecule has 0 aliphatic heterocycles. The van der Waals surface area contributed by atoms with E-state index in [1.54, 1.807) is 0 Å². The van der Waals surface area contributed by atoms with Crippen molar-refractivity contribution in [2.45, 2.75) is 11.3 Å².